The summed E-state index contributed by atoms with van der Waals surface area (Å²) in [6.07, 6.45) is -0.800. The Balaban J connectivity index is 2.90. The minimum atomic E-state index is -0.800. The van der Waals surface area contributed by atoms with Crippen LogP contribution in [-0.2, 0) is 4.74 Å². The molecular weight excluding hydrogens is 242 g/mol. The van der Waals surface area contributed by atoms with E-state index in [2.05, 4.69) is 15.3 Å². The van der Waals surface area contributed by atoms with Gasteiger partial charge in [0.2, 0.25) is 11.8 Å². The van der Waals surface area contributed by atoms with Crippen molar-refractivity contribution in [2.75, 3.05) is 31.3 Å². The van der Waals surface area contributed by atoms with Gasteiger partial charge in [0.15, 0.2) is 0 Å². The quantitative estimate of drug-likeness (QED) is 0.466. The third-order valence-electron chi connectivity index (χ3n) is 2.12. The van der Waals surface area contributed by atoms with Crippen molar-refractivity contribution in [1.29, 1.82) is 0 Å². The second-order valence-electron chi connectivity index (χ2n) is 3.61. The maximum absolute atomic E-state index is 10.9. The Kier molecular flexibility index (Phi) is 4.75. The number of nitrogen functional groups attached to an aromatic ring is 1. The van der Waals surface area contributed by atoms with E-state index in [1.54, 1.807) is 0 Å². The van der Waals surface area contributed by atoms with E-state index in [0.717, 1.165) is 0 Å². The molecule has 0 radical (unpaired) electrons. The predicted octanol–water partition coefficient (Wildman–Crippen LogP) is -0.305. The molecule has 0 aliphatic heterocycles. The first kappa shape index (κ1) is 14.1. The highest BCUT2D eigenvalue weighted by molar-refractivity contribution is 5.60. The normalized spacial score (nSPS) is 12.2. The lowest BCUT2D eigenvalue weighted by molar-refractivity contribution is -0.385. The molecule has 1 rings (SSSR count). The van der Waals surface area contributed by atoms with Gasteiger partial charge in [0.25, 0.3) is 0 Å². The first-order valence-electron chi connectivity index (χ1n) is 5.15. The van der Waals surface area contributed by atoms with Crippen LogP contribution < -0.4 is 11.1 Å². The number of nitrogens with one attached hydrogen (secondary N) is 1. The number of nitro groups is 1. The van der Waals surface area contributed by atoms with Crippen LogP contribution in [0.25, 0.3) is 0 Å². The van der Waals surface area contributed by atoms with Crippen molar-refractivity contribution < 1.29 is 14.8 Å². The Morgan fingerprint density at radius 3 is 2.83 bits per heavy atom. The summed E-state index contributed by atoms with van der Waals surface area (Å²) >= 11 is 0. The van der Waals surface area contributed by atoms with Gasteiger partial charge in [0.1, 0.15) is 5.69 Å². The van der Waals surface area contributed by atoms with Gasteiger partial charge in [-0.15, -0.1) is 0 Å². The Hall–Kier alpha value is -2.00. The van der Waals surface area contributed by atoms with E-state index in [-0.39, 0.29) is 36.3 Å². The SMILES string of the molecule is COCC(O)CNc1nc(N)nc(C)c1[N+](=O)[O-]. The number of aliphatic hydroxyl groups excluding tert-OH is 1. The van der Waals surface area contributed by atoms with E-state index >= 15 is 0 Å². The van der Waals surface area contributed by atoms with E-state index in [1.807, 2.05) is 0 Å². The zero-order valence-corrected chi connectivity index (χ0v) is 10.1. The number of aromatic nitrogens is 2. The monoisotopic (exact) mass is 257 g/mol. The largest absolute Gasteiger partial charge is 0.389 e. The van der Waals surface area contributed by atoms with Crippen LogP contribution >= 0.6 is 0 Å². The fraction of sp³-hybridized carbons (Fsp3) is 0.556. The van der Waals surface area contributed by atoms with Gasteiger partial charge in [-0.25, -0.2) is 4.98 Å². The first-order valence-corrected chi connectivity index (χ1v) is 5.15. The highest BCUT2D eigenvalue weighted by atomic mass is 16.6. The number of nitrogens with two attached hydrogens (primary N) is 1. The van der Waals surface area contributed by atoms with Crippen molar-refractivity contribution in [1.82, 2.24) is 9.97 Å². The standard InChI is InChI=1S/C9H15N5O4/c1-5-7(14(16)17)8(13-9(10)12-5)11-3-6(15)4-18-2/h6,15H,3-4H2,1-2H3,(H3,10,11,12,13). The minimum absolute atomic E-state index is 0.0137. The van der Waals surface area contributed by atoms with Crippen LogP contribution in [0, 0.1) is 17.0 Å². The number of anilines is 2. The van der Waals surface area contributed by atoms with Crippen LogP contribution in [-0.4, -0.2) is 46.4 Å². The Morgan fingerprint density at radius 2 is 2.28 bits per heavy atom. The number of methoxy groups -OCH3 is 1. The third kappa shape index (κ3) is 3.50. The summed E-state index contributed by atoms with van der Waals surface area (Å²) in [7, 11) is 1.44. The summed E-state index contributed by atoms with van der Waals surface area (Å²) in [5.41, 5.74) is 5.33. The number of rotatable bonds is 6. The fourth-order valence-corrected chi connectivity index (χ4v) is 1.40. The molecule has 1 unspecified atom stereocenters. The molecule has 9 heteroatoms. The second-order valence-corrected chi connectivity index (χ2v) is 3.61. The summed E-state index contributed by atoms with van der Waals surface area (Å²) in [5, 5.41) is 23.0. The molecule has 18 heavy (non-hydrogen) atoms. The van der Waals surface area contributed by atoms with Crippen LogP contribution in [0.1, 0.15) is 5.69 Å². The van der Waals surface area contributed by atoms with E-state index < -0.39 is 11.0 Å². The number of aliphatic hydroxyl groups is 1. The Bertz CT molecular complexity index is 439. The van der Waals surface area contributed by atoms with Gasteiger partial charge in [0, 0.05) is 13.7 Å². The van der Waals surface area contributed by atoms with Gasteiger partial charge < -0.3 is 20.9 Å². The van der Waals surface area contributed by atoms with Crippen molar-refractivity contribution in [2.45, 2.75) is 13.0 Å². The Morgan fingerprint density at radius 1 is 1.61 bits per heavy atom. The first-order chi connectivity index (χ1) is 8.45. The molecule has 0 aliphatic carbocycles. The lowest BCUT2D eigenvalue weighted by atomic mass is 10.3. The minimum Gasteiger partial charge on any atom is -0.389 e. The molecule has 9 nitrogen and oxygen atoms in total. The van der Waals surface area contributed by atoms with Gasteiger partial charge in [-0.2, -0.15) is 4.98 Å². The fourth-order valence-electron chi connectivity index (χ4n) is 1.40. The molecule has 1 atom stereocenters. The molecule has 1 heterocycles. The van der Waals surface area contributed by atoms with Crippen LogP contribution in [0.15, 0.2) is 0 Å². The average Bonchev–Trinajstić information content (AvgIpc) is 2.25. The maximum Gasteiger partial charge on any atom is 0.332 e. The summed E-state index contributed by atoms with van der Waals surface area (Å²) < 4.78 is 4.74. The molecule has 0 saturated heterocycles. The third-order valence-corrected chi connectivity index (χ3v) is 2.12. The van der Waals surface area contributed by atoms with Crippen molar-refractivity contribution in [2.24, 2.45) is 0 Å². The van der Waals surface area contributed by atoms with E-state index in [1.165, 1.54) is 14.0 Å². The smallest absolute Gasteiger partial charge is 0.332 e. The van der Waals surface area contributed by atoms with Crippen LogP contribution in [0.5, 0.6) is 0 Å². The van der Waals surface area contributed by atoms with Crippen molar-refractivity contribution in [3.8, 4) is 0 Å². The number of nitrogens with zero attached hydrogens (tertiary/aromatic N) is 3. The summed E-state index contributed by atoms with van der Waals surface area (Å²) in [6.45, 7) is 1.64. The van der Waals surface area contributed by atoms with Crippen LogP contribution in [0.2, 0.25) is 0 Å². The molecule has 0 amide bonds. The van der Waals surface area contributed by atoms with Gasteiger partial charge in [-0.1, -0.05) is 0 Å². The van der Waals surface area contributed by atoms with Crippen molar-refractivity contribution in [3.05, 3.63) is 15.8 Å². The van der Waals surface area contributed by atoms with Crippen LogP contribution in [0.3, 0.4) is 0 Å². The number of hydrogen-bond acceptors (Lipinski definition) is 8. The Labute approximate surface area is 103 Å². The summed E-state index contributed by atoms with van der Waals surface area (Å²) in [6, 6.07) is 0. The zero-order valence-electron chi connectivity index (χ0n) is 10.1. The van der Waals surface area contributed by atoms with Gasteiger partial charge in [-0.3, -0.25) is 10.1 Å². The number of ether oxygens (including phenoxy) is 1. The molecule has 0 aliphatic rings. The van der Waals surface area contributed by atoms with Crippen LogP contribution in [0.4, 0.5) is 17.5 Å². The topological polar surface area (TPSA) is 136 Å². The molecular formula is C9H15N5O4. The van der Waals surface area contributed by atoms with Gasteiger partial charge in [-0.05, 0) is 6.92 Å². The number of aryl methyl sites for hydroxylation is 1. The second kappa shape index (κ2) is 6.07. The molecule has 100 valence electrons. The summed E-state index contributed by atoms with van der Waals surface area (Å²) in [4.78, 5) is 17.8. The zero-order chi connectivity index (χ0) is 13.7. The highest BCUT2D eigenvalue weighted by Gasteiger charge is 2.21. The van der Waals surface area contributed by atoms with Gasteiger partial charge in [0.05, 0.1) is 17.6 Å². The lowest BCUT2D eigenvalue weighted by Crippen LogP contribution is -2.25. The average molecular weight is 257 g/mol. The maximum atomic E-state index is 10.9. The number of hydrogen-bond donors (Lipinski definition) is 3. The summed E-state index contributed by atoms with van der Waals surface area (Å²) in [5.74, 6) is -0.0815. The molecule has 0 spiro atoms. The van der Waals surface area contributed by atoms with Crippen molar-refractivity contribution in [3.63, 3.8) is 0 Å². The van der Waals surface area contributed by atoms with E-state index in [0.29, 0.717) is 0 Å². The predicted molar refractivity (Wildman–Crippen MR) is 64.2 cm³/mol. The highest BCUT2D eigenvalue weighted by Crippen LogP contribution is 2.25. The lowest BCUT2D eigenvalue weighted by Gasteiger charge is -2.12. The van der Waals surface area contributed by atoms with Crippen molar-refractivity contribution >= 4 is 17.5 Å². The molecule has 0 aromatic carbocycles. The molecule has 4 N–H and O–H groups in total. The molecule has 0 fully saturated rings. The van der Waals surface area contributed by atoms with Gasteiger partial charge >= 0.3 is 5.69 Å². The molecule has 0 saturated carbocycles. The molecule has 0 bridgehead atoms. The molecule has 1 aromatic heterocycles. The van der Waals surface area contributed by atoms with E-state index in [4.69, 9.17) is 10.5 Å². The molecule has 1 aromatic rings. The van der Waals surface area contributed by atoms with E-state index in [9.17, 15) is 15.2 Å².